The molecule has 0 aliphatic carbocycles. The summed E-state index contributed by atoms with van der Waals surface area (Å²) in [5.74, 6) is 1.27. The van der Waals surface area contributed by atoms with Gasteiger partial charge in [-0.25, -0.2) is 8.42 Å². The number of ether oxygens (including phenoxy) is 1. The third kappa shape index (κ3) is 3.98. The highest BCUT2D eigenvalue weighted by Gasteiger charge is 2.24. The third-order valence-electron chi connectivity index (χ3n) is 4.97. The Bertz CT molecular complexity index is 982. The summed E-state index contributed by atoms with van der Waals surface area (Å²) in [6, 6.07) is 11.7. The van der Waals surface area contributed by atoms with Crippen molar-refractivity contribution in [2.45, 2.75) is 17.7 Å². The molecule has 0 spiro atoms. The van der Waals surface area contributed by atoms with E-state index in [9.17, 15) is 8.42 Å². The van der Waals surface area contributed by atoms with Crippen LogP contribution in [0.2, 0.25) is 5.02 Å². The molecular formula is C20H21ClN2O3S. The molecule has 0 aromatic heterocycles. The first kappa shape index (κ1) is 18.3. The van der Waals surface area contributed by atoms with Gasteiger partial charge >= 0.3 is 0 Å². The number of allylic oxidation sites excluding steroid dienone is 1. The number of benzene rings is 2. The van der Waals surface area contributed by atoms with E-state index in [1.165, 1.54) is 17.7 Å². The van der Waals surface area contributed by atoms with Gasteiger partial charge < -0.3 is 10.1 Å². The molecule has 0 unspecified atom stereocenters. The van der Waals surface area contributed by atoms with Gasteiger partial charge in [0, 0.05) is 16.3 Å². The van der Waals surface area contributed by atoms with Crippen LogP contribution in [0.25, 0.3) is 5.57 Å². The van der Waals surface area contributed by atoms with Crippen molar-refractivity contribution < 1.29 is 13.2 Å². The Morgan fingerprint density at radius 1 is 1.11 bits per heavy atom. The monoisotopic (exact) mass is 404 g/mol. The number of hydrogen-bond acceptors (Lipinski definition) is 4. The summed E-state index contributed by atoms with van der Waals surface area (Å²) >= 11 is 5.93. The minimum atomic E-state index is -3.71. The molecule has 7 heteroatoms. The smallest absolute Gasteiger partial charge is 0.261 e. The van der Waals surface area contributed by atoms with E-state index in [0.29, 0.717) is 23.2 Å². The topological polar surface area (TPSA) is 67.4 Å². The Kier molecular flexibility index (Phi) is 5.12. The van der Waals surface area contributed by atoms with Crippen LogP contribution in [0.3, 0.4) is 0 Å². The van der Waals surface area contributed by atoms with Crippen molar-refractivity contribution in [3.8, 4) is 5.75 Å². The van der Waals surface area contributed by atoms with E-state index in [2.05, 4.69) is 16.1 Å². The lowest BCUT2D eigenvalue weighted by Crippen LogP contribution is -2.29. The zero-order valence-corrected chi connectivity index (χ0v) is 16.3. The molecule has 5 nitrogen and oxygen atoms in total. The summed E-state index contributed by atoms with van der Waals surface area (Å²) in [6.45, 7) is 2.55. The molecule has 2 aliphatic rings. The van der Waals surface area contributed by atoms with Gasteiger partial charge in [-0.15, -0.1) is 0 Å². The molecule has 2 N–H and O–H groups in total. The molecule has 1 fully saturated rings. The van der Waals surface area contributed by atoms with E-state index < -0.39 is 10.0 Å². The second-order valence-electron chi connectivity index (χ2n) is 6.77. The number of nitrogens with one attached hydrogen (secondary N) is 2. The molecule has 0 atom stereocenters. The maximum absolute atomic E-state index is 12.7. The number of fused-ring (bicyclic) bond motifs is 1. The minimum Gasteiger partial charge on any atom is -0.489 e. The van der Waals surface area contributed by atoms with Gasteiger partial charge in [-0.1, -0.05) is 17.7 Å². The summed E-state index contributed by atoms with van der Waals surface area (Å²) in [5, 5.41) is 3.76. The average molecular weight is 405 g/mol. The van der Waals surface area contributed by atoms with Crippen molar-refractivity contribution in [1.82, 2.24) is 5.32 Å². The fourth-order valence-corrected chi connectivity index (χ4v) is 4.99. The number of sulfonamides is 1. The molecule has 2 aromatic carbocycles. The number of halogens is 1. The van der Waals surface area contributed by atoms with Crippen LogP contribution in [0.1, 0.15) is 18.4 Å². The van der Waals surface area contributed by atoms with Gasteiger partial charge in [0.2, 0.25) is 0 Å². The van der Waals surface area contributed by atoms with Crippen molar-refractivity contribution in [1.29, 1.82) is 0 Å². The van der Waals surface area contributed by atoms with Crippen LogP contribution in [0, 0.1) is 5.92 Å². The quantitative estimate of drug-likeness (QED) is 0.810. The Labute approximate surface area is 164 Å². The number of piperidine rings is 1. The Morgan fingerprint density at radius 3 is 2.70 bits per heavy atom. The van der Waals surface area contributed by atoms with E-state index in [1.54, 1.807) is 18.2 Å². The molecule has 2 aromatic rings. The number of anilines is 1. The second kappa shape index (κ2) is 7.54. The van der Waals surface area contributed by atoms with E-state index in [0.717, 1.165) is 37.2 Å². The molecule has 0 bridgehead atoms. The maximum atomic E-state index is 12.7. The predicted octanol–water partition coefficient (Wildman–Crippen LogP) is 3.92. The van der Waals surface area contributed by atoms with E-state index in [-0.39, 0.29) is 4.90 Å². The summed E-state index contributed by atoms with van der Waals surface area (Å²) in [6.07, 6.45) is 4.26. The van der Waals surface area contributed by atoms with Crippen molar-refractivity contribution >= 4 is 32.9 Å². The molecule has 27 heavy (non-hydrogen) atoms. The van der Waals surface area contributed by atoms with Crippen LogP contribution >= 0.6 is 11.6 Å². The molecule has 2 heterocycles. The average Bonchev–Trinajstić information content (AvgIpc) is 2.68. The van der Waals surface area contributed by atoms with Gasteiger partial charge in [0.05, 0.1) is 4.90 Å². The largest absolute Gasteiger partial charge is 0.489 e. The third-order valence-corrected chi connectivity index (χ3v) is 6.58. The molecule has 0 amide bonds. The molecule has 0 saturated carbocycles. The van der Waals surface area contributed by atoms with Crippen molar-refractivity contribution in [2.75, 3.05) is 24.4 Å². The lowest BCUT2D eigenvalue weighted by atomic mass is 9.84. The van der Waals surface area contributed by atoms with Crippen LogP contribution in [0.4, 0.5) is 5.69 Å². The van der Waals surface area contributed by atoms with Crippen molar-refractivity contribution in [3.05, 3.63) is 59.1 Å². The first-order chi connectivity index (χ1) is 13.0. The lowest BCUT2D eigenvalue weighted by Gasteiger charge is -2.29. The predicted molar refractivity (Wildman–Crippen MR) is 108 cm³/mol. The summed E-state index contributed by atoms with van der Waals surface area (Å²) < 4.78 is 33.8. The fourth-order valence-electron chi connectivity index (χ4n) is 3.64. The molecule has 142 valence electrons. The zero-order chi connectivity index (χ0) is 18.9. The number of hydrogen-bond donors (Lipinski definition) is 2. The van der Waals surface area contributed by atoms with E-state index in [4.69, 9.17) is 16.3 Å². The summed E-state index contributed by atoms with van der Waals surface area (Å²) in [7, 11) is -3.71. The fraction of sp³-hybridized carbons (Fsp3) is 0.300. The van der Waals surface area contributed by atoms with Crippen LogP contribution in [0.15, 0.2) is 53.4 Å². The first-order valence-electron chi connectivity index (χ1n) is 8.99. The van der Waals surface area contributed by atoms with Gasteiger partial charge in [-0.3, -0.25) is 4.72 Å². The van der Waals surface area contributed by atoms with Gasteiger partial charge in [0.15, 0.2) is 0 Å². The molecule has 4 rings (SSSR count). The maximum Gasteiger partial charge on any atom is 0.261 e. The summed E-state index contributed by atoms with van der Waals surface area (Å²) in [4.78, 5) is 0.137. The molecular weight excluding hydrogens is 384 g/mol. The highest BCUT2D eigenvalue weighted by Crippen LogP contribution is 2.39. The van der Waals surface area contributed by atoms with Crippen molar-refractivity contribution in [2.24, 2.45) is 5.92 Å². The molecule has 0 radical (unpaired) electrons. The Hall–Kier alpha value is -2.02. The van der Waals surface area contributed by atoms with Crippen molar-refractivity contribution in [3.63, 3.8) is 0 Å². The zero-order valence-electron chi connectivity index (χ0n) is 14.7. The Balaban J connectivity index is 1.63. The van der Waals surface area contributed by atoms with E-state index in [1.807, 2.05) is 12.1 Å². The second-order valence-corrected chi connectivity index (χ2v) is 8.89. The van der Waals surface area contributed by atoms with Crippen LogP contribution in [-0.4, -0.2) is 28.1 Å². The first-order valence-corrected chi connectivity index (χ1v) is 10.9. The van der Waals surface area contributed by atoms with Gasteiger partial charge in [0.25, 0.3) is 10.0 Å². The van der Waals surface area contributed by atoms with E-state index >= 15 is 0 Å². The highest BCUT2D eigenvalue weighted by molar-refractivity contribution is 7.92. The molecule has 1 saturated heterocycles. The Morgan fingerprint density at radius 2 is 1.93 bits per heavy atom. The lowest BCUT2D eigenvalue weighted by molar-refractivity contribution is 0.351. The highest BCUT2D eigenvalue weighted by atomic mass is 35.5. The standard InChI is InChI=1S/C20H21ClN2O3S/c21-15-2-1-3-17(12-15)27(24,25)23-16-4-5-20-19(13-16)18(8-11-26-20)14-6-9-22-10-7-14/h1-5,8,12-14,22-23H,6-7,9-11H2. The van der Waals surface area contributed by atoms with Crippen LogP contribution in [-0.2, 0) is 10.0 Å². The van der Waals surface area contributed by atoms with Gasteiger partial charge in [0.1, 0.15) is 12.4 Å². The summed E-state index contributed by atoms with van der Waals surface area (Å²) in [5.41, 5.74) is 2.74. The normalized spacial score (nSPS) is 17.6. The van der Waals surface area contributed by atoms with Crippen LogP contribution < -0.4 is 14.8 Å². The SMILES string of the molecule is O=S(=O)(Nc1ccc2c(c1)C(C1CCNCC1)=CCO2)c1cccc(Cl)c1. The van der Waals surface area contributed by atoms with Gasteiger partial charge in [-0.05, 0) is 79.9 Å². The van der Waals surface area contributed by atoms with Gasteiger partial charge in [-0.2, -0.15) is 0 Å². The van der Waals surface area contributed by atoms with Crippen LogP contribution in [0.5, 0.6) is 5.75 Å². The molecule has 2 aliphatic heterocycles. The number of rotatable bonds is 4. The minimum absolute atomic E-state index is 0.137.